The molecule has 3 aromatic carbocycles. The van der Waals surface area contributed by atoms with Crippen LogP contribution in [0.4, 0.5) is 5.69 Å². The molecule has 318 valence electrons. The molecule has 1 aromatic heterocycles. The van der Waals surface area contributed by atoms with Crippen LogP contribution >= 0.6 is 11.6 Å². The van der Waals surface area contributed by atoms with Gasteiger partial charge < -0.3 is 19.4 Å². The molecule has 3 aliphatic heterocycles. The Morgan fingerprint density at radius 3 is 2.25 bits per heavy atom. The molecule has 60 heavy (non-hydrogen) atoms. The normalized spacial score (nSPS) is 15.4. The maximum atomic E-state index is 14.6. The Morgan fingerprint density at radius 2 is 1.53 bits per heavy atom. The van der Waals surface area contributed by atoms with Gasteiger partial charge in [-0.05, 0) is 85.7 Å². The van der Waals surface area contributed by atoms with E-state index in [1.807, 2.05) is 29.2 Å². The second kappa shape index (κ2) is 18.7. The number of fused-ring (bicyclic) bond motifs is 2. The van der Waals surface area contributed by atoms with Crippen LogP contribution in [0, 0.1) is 6.92 Å². The third-order valence-corrected chi connectivity index (χ3v) is 13.3. The minimum atomic E-state index is -4.38. The number of nitrogens with one attached hydrogen (secondary N) is 1. The Labute approximate surface area is 356 Å². The van der Waals surface area contributed by atoms with Crippen LogP contribution < -0.4 is 9.62 Å². The molecule has 4 amide bonds. The summed E-state index contributed by atoms with van der Waals surface area (Å²) in [7, 11) is -4.38. The van der Waals surface area contributed by atoms with Crippen LogP contribution in [0.1, 0.15) is 93.1 Å². The number of morpholine rings is 1. The molecule has 0 aliphatic carbocycles. The average Bonchev–Trinajstić information content (AvgIpc) is 3.82. The van der Waals surface area contributed by atoms with E-state index in [1.54, 1.807) is 27.7 Å². The van der Waals surface area contributed by atoms with Crippen molar-refractivity contribution in [3.63, 3.8) is 0 Å². The first-order valence-corrected chi connectivity index (χ1v) is 22.6. The van der Waals surface area contributed by atoms with E-state index >= 15 is 0 Å². The Hall–Kier alpha value is -5.09. The lowest BCUT2D eigenvalue weighted by molar-refractivity contribution is -0.120. The molecule has 4 heterocycles. The van der Waals surface area contributed by atoms with Gasteiger partial charge in [0.05, 0.1) is 46.6 Å². The highest BCUT2D eigenvalue weighted by Crippen LogP contribution is 2.32. The van der Waals surface area contributed by atoms with Crippen molar-refractivity contribution in [3.05, 3.63) is 105 Å². The number of ether oxygens (including phenoxy) is 1. The number of sulfonamides is 1. The fourth-order valence-electron chi connectivity index (χ4n) is 7.97. The van der Waals surface area contributed by atoms with Gasteiger partial charge >= 0.3 is 0 Å². The summed E-state index contributed by atoms with van der Waals surface area (Å²) in [6, 6.07) is 16.7. The van der Waals surface area contributed by atoms with Crippen LogP contribution in [0.15, 0.2) is 65.6 Å². The molecule has 14 nitrogen and oxygen atoms in total. The standard InChI is InChI=1S/C44H52ClN7O7S/c1-4-6-18-49(19-7-5-2)44(56)41-40(45)30(3)52(46-41)38-14-12-33(27-36(38)43(55)50-20-16-31-10-8-9-11-34(31)28-50)42(54)47-60(57,58)35-13-15-37-32(26-35)17-21-51(37)39(53)29-48-22-24-59-25-23-48/h8-15,26-27H,4-7,16-25,28-29H2,1-3H3,(H,47,54). The van der Waals surface area contributed by atoms with Crippen molar-refractivity contribution in [2.45, 2.75) is 70.7 Å². The zero-order valence-corrected chi connectivity index (χ0v) is 36.0. The van der Waals surface area contributed by atoms with E-state index in [9.17, 15) is 27.6 Å². The zero-order chi connectivity index (χ0) is 42.6. The van der Waals surface area contributed by atoms with E-state index < -0.39 is 21.8 Å². The smallest absolute Gasteiger partial charge is 0.275 e. The molecular formula is C44H52ClN7O7S. The van der Waals surface area contributed by atoms with Gasteiger partial charge in [-0.25, -0.2) is 17.8 Å². The number of aromatic nitrogens is 2. The third kappa shape index (κ3) is 9.14. The number of hydrogen-bond donors (Lipinski definition) is 1. The molecule has 16 heteroatoms. The highest BCUT2D eigenvalue weighted by molar-refractivity contribution is 7.90. The number of anilines is 1. The number of halogens is 1. The average molecular weight is 858 g/mol. The number of hydrogen-bond acceptors (Lipinski definition) is 9. The number of unbranched alkanes of at least 4 members (excludes halogenated alkanes) is 2. The summed E-state index contributed by atoms with van der Waals surface area (Å²) in [6.45, 7) is 10.9. The van der Waals surface area contributed by atoms with Crippen molar-refractivity contribution in [1.82, 2.24) is 29.2 Å². The summed E-state index contributed by atoms with van der Waals surface area (Å²) in [5.41, 5.74) is 4.29. The minimum Gasteiger partial charge on any atom is -0.379 e. The fraction of sp³-hybridized carbons (Fsp3) is 0.432. The second-order valence-corrected chi connectivity index (χ2v) is 17.6. The van der Waals surface area contributed by atoms with Crippen LogP contribution in [0.5, 0.6) is 0 Å². The monoisotopic (exact) mass is 857 g/mol. The highest BCUT2D eigenvalue weighted by Gasteiger charge is 2.32. The largest absolute Gasteiger partial charge is 0.379 e. The van der Waals surface area contributed by atoms with Crippen molar-refractivity contribution < 1.29 is 32.3 Å². The highest BCUT2D eigenvalue weighted by atomic mass is 35.5. The first-order chi connectivity index (χ1) is 28.9. The second-order valence-electron chi connectivity index (χ2n) is 15.5. The van der Waals surface area contributed by atoms with Crippen LogP contribution in [-0.2, 0) is 38.9 Å². The van der Waals surface area contributed by atoms with E-state index in [2.05, 4.69) is 23.7 Å². The molecule has 0 unspecified atom stereocenters. The SMILES string of the molecule is CCCCN(CCCC)C(=O)c1nn(-c2ccc(C(=O)NS(=O)(=O)c3ccc4c(c3)CCN4C(=O)CN3CCOCC3)cc2C(=O)N2CCc3ccccc3C2)c(C)c1Cl. The lowest BCUT2D eigenvalue weighted by Crippen LogP contribution is -2.44. The molecule has 0 radical (unpaired) electrons. The fourth-order valence-corrected chi connectivity index (χ4v) is 9.19. The molecule has 0 bridgehead atoms. The summed E-state index contributed by atoms with van der Waals surface area (Å²) in [6.07, 6.45) is 4.57. The molecule has 0 atom stereocenters. The van der Waals surface area contributed by atoms with Gasteiger partial charge in [0.25, 0.3) is 27.7 Å². The predicted octanol–water partition coefficient (Wildman–Crippen LogP) is 5.42. The van der Waals surface area contributed by atoms with E-state index in [0.29, 0.717) is 88.8 Å². The molecule has 0 spiro atoms. The van der Waals surface area contributed by atoms with Gasteiger partial charge in [-0.2, -0.15) is 5.10 Å². The molecule has 0 saturated carbocycles. The maximum Gasteiger partial charge on any atom is 0.275 e. The number of benzene rings is 3. The molecule has 1 saturated heterocycles. The van der Waals surface area contributed by atoms with E-state index in [-0.39, 0.29) is 50.8 Å². The number of rotatable bonds is 14. The molecule has 4 aromatic rings. The van der Waals surface area contributed by atoms with Crippen LogP contribution in [0.3, 0.4) is 0 Å². The molecule has 1 N–H and O–H groups in total. The van der Waals surface area contributed by atoms with Crippen molar-refractivity contribution in [2.75, 3.05) is 63.9 Å². The quantitative estimate of drug-likeness (QED) is 0.175. The molecule has 3 aliphatic rings. The van der Waals surface area contributed by atoms with Gasteiger partial charge in [0.1, 0.15) is 0 Å². The Kier molecular flexibility index (Phi) is 13.4. The number of amides is 4. The number of nitrogens with zero attached hydrogens (tertiary/aromatic N) is 6. The first-order valence-electron chi connectivity index (χ1n) is 20.8. The van der Waals surface area contributed by atoms with E-state index in [4.69, 9.17) is 16.3 Å². The number of carbonyl (C=O) groups is 4. The van der Waals surface area contributed by atoms with Gasteiger partial charge in [0.15, 0.2) is 5.69 Å². The Balaban J connectivity index is 1.17. The Bertz CT molecular complexity index is 2390. The minimum absolute atomic E-state index is 0.0679. The van der Waals surface area contributed by atoms with Crippen molar-refractivity contribution in [3.8, 4) is 5.69 Å². The van der Waals surface area contributed by atoms with Gasteiger partial charge in [-0.3, -0.25) is 24.1 Å². The maximum absolute atomic E-state index is 14.6. The van der Waals surface area contributed by atoms with Gasteiger partial charge in [-0.1, -0.05) is 62.6 Å². The van der Waals surface area contributed by atoms with Crippen LogP contribution in [-0.4, -0.2) is 116 Å². The summed E-state index contributed by atoms with van der Waals surface area (Å²) in [4.78, 5) is 62.5. The van der Waals surface area contributed by atoms with Crippen molar-refractivity contribution in [2.24, 2.45) is 0 Å². The third-order valence-electron chi connectivity index (χ3n) is 11.5. The lowest BCUT2D eigenvalue weighted by Gasteiger charge is -2.29. The van der Waals surface area contributed by atoms with Crippen LogP contribution in [0.25, 0.3) is 5.69 Å². The Morgan fingerprint density at radius 1 is 0.850 bits per heavy atom. The first kappa shape index (κ1) is 43.0. The summed E-state index contributed by atoms with van der Waals surface area (Å²) < 4.78 is 36.5. The summed E-state index contributed by atoms with van der Waals surface area (Å²) >= 11 is 6.84. The summed E-state index contributed by atoms with van der Waals surface area (Å²) in [5.74, 6) is -1.70. The molecule has 1 fully saturated rings. The predicted molar refractivity (Wildman–Crippen MR) is 228 cm³/mol. The van der Waals surface area contributed by atoms with E-state index in [0.717, 1.165) is 36.8 Å². The molecule has 7 rings (SSSR count). The van der Waals surface area contributed by atoms with Gasteiger partial charge in [-0.15, -0.1) is 0 Å². The van der Waals surface area contributed by atoms with Crippen molar-refractivity contribution >= 4 is 50.9 Å². The topological polar surface area (TPSA) is 154 Å². The van der Waals surface area contributed by atoms with Gasteiger partial charge in [0, 0.05) is 57.1 Å². The number of carbonyl (C=O) groups excluding carboxylic acids is 4. The summed E-state index contributed by atoms with van der Waals surface area (Å²) in [5, 5.41) is 4.84. The zero-order valence-electron chi connectivity index (χ0n) is 34.4. The van der Waals surface area contributed by atoms with Crippen molar-refractivity contribution in [1.29, 1.82) is 0 Å². The van der Waals surface area contributed by atoms with E-state index in [1.165, 1.54) is 35.0 Å². The lowest BCUT2D eigenvalue weighted by atomic mass is 9.98. The van der Waals surface area contributed by atoms with Gasteiger partial charge in [0.2, 0.25) is 5.91 Å². The van der Waals surface area contributed by atoms with Crippen LogP contribution in [0.2, 0.25) is 5.02 Å². The molecular weight excluding hydrogens is 806 g/mol.